The normalized spacial score (nSPS) is 15.8. The Morgan fingerprint density at radius 2 is 1.94 bits per heavy atom. The van der Waals surface area contributed by atoms with Gasteiger partial charge in [0.15, 0.2) is 0 Å². The number of carbonyl (C=O) groups excluding carboxylic acids is 1. The zero-order valence-corrected chi connectivity index (χ0v) is 19.3. The summed E-state index contributed by atoms with van der Waals surface area (Å²) in [4.78, 5) is 28.9. The summed E-state index contributed by atoms with van der Waals surface area (Å²) >= 11 is 0. The summed E-state index contributed by atoms with van der Waals surface area (Å²) in [5.74, 6) is 1.10. The van der Waals surface area contributed by atoms with E-state index in [1.165, 1.54) is 0 Å². The van der Waals surface area contributed by atoms with Gasteiger partial charge in [-0.15, -0.1) is 0 Å². The molecule has 1 saturated heterocycles. The van der Waals surface area contributed by atoms with Crippen LogP contribution in [0.15, 0.2) is 67.3 Å². The Morgan fingerprint density at radius 3 is 2.76 bits per heavy atom. The van der Waals surface area contributed by atoms with Gasteiger partial charge in [-0.3, -0.25) is 9.78 Å². The molecule has 8 nitrogen and oxygen atoms in total. The van der Waals surface area contributed by atoms with Gasteiger partial charge in [0, 0.05) is 30.7 Å². The van der Waals surface area contributed by atoms with Crippen LogP contribution in [-0.2, 0) is 0 Å². The van der Waals surface area contributed by atoms with E-state index in [9.17, 15) is 4.79 Å². The van der Waals surface area contributed by atoms with Crippen LogP contribution in [-0.4, -0.2) is 49.2 Å². The molecule has 172 valence electrons. The van der Waals surface area contributed by atoms with Crippen LogP contribution in [0.5, 0.6) is 5.75 Å². The predicted octanol–water partition coefficient (Wildman–Crippen LogP) is 4.41. The number of para-hydroxylation sites is 1. The third-order valence-corrected chi connectivity index (χ3v) is 6.29. The highest BCUT2D eigenvalue weighted by Crippen LogP contribution is 2.32. The molecule has 34 heavy (non-hydrogen) atoms. The van der Waals surface area contributed by atoms with E-state index in [0.29, 0.717) is 23.8 Å². The molecule has 3 aromatic heterocycles. The molecule has 1 fully saturated rings. The summed E-state index contributed by atoms with van der Waals surface area (Å²) in [6, 6.07) is 13.5. The Hall–Kier alpha value is -4.07. The van der Waals surface area contributed by atoms with Crippen molar-refractivity contribution in [3.05, 3.63) is 84.1 Å². The van der Waals surface area contributed by atoms with Crippen molar-refractivity contribution < 1.29 is 9.53 Å². The summed E-state index contributed by atoms with van der Waals surface area (Å²) in [5.41, 5.74) is 3.91. The molecule has 1 aliphatic heterocycles. The number of likely N-dealkylation sites (tertiary alicyclic amines) is 1. The molecule has 0 spiro atoms. The fourth-order valence-corrected chi connectivity index (χ4v) is 4.53. The highest BCUT2D eigenvalue weighted by atomic mass is 16.5. The first-order valence-corrected chi connectivity index (χ1v) is 11.4. The Labute approximate surface area is 198 Å². The lowest BCUT2D eigenvalue weighted by atomic mass is 9.95. The first-order valence-electron chi connectivity index (χ1n) is 11.4. The van der Waals surface area contributed by atoms with Crippen LogP contribution in [0, 0.1) is 6.92 Å². The second-order valence-corrected chi connectivity index (χ2v) is 8.29. The molecule has 8 heteroatoms. The topological polar surface area (TPSA) is 86.0 Å². The molecule has 0 aliphatic carbocycles. The maximum atomic E-state index is 13.6. The van der Waals surface area contributed by atoms with Crippen LogP contribution in [0.25, 0.3) is 17.2 Å². The summed E-state index contributed by atoms with van der Waals surface area (Å²) < 4.78 is 7.10. The van der Waals surface area contributed by atoms with Gasteiger partial charge in [0.25, 0.3) is 11.9 Å². The molecular weight excluding hydrogens is 428 g/mol. The number of benzene rings is 1. The number of piperidine rings is 1. The maximum absolute atomic E-state index is 13.6. The lowest BCUT2D eigenvalue weighted by Crippen LogP contribution is -2.38. The number of rotatable bonds is 5. The molecule has 1 amide bonds. The quantitative estimate of drug-likeness (QED) is 0.444. The van der Waals surface area contributed by atoms with Crippen molar-refractivity contribution in [1.29, 1.82) is 0 Å². The molecule has 4 heterocycles. The standard InChI is InChI=1S/C26H26N6O2/c1-18-21(25(33)31-15-6-5-10-23(31)19-8-7-13-27-16-19)17-29-32(18)26-28-14-12-22(30-26)20-9-3-4-11-24(20)34-2/h3-4,7-9,11-14,16-17,23H,5-6,10,15H2,1-2H3. The van der Waals surface area contributed by atoms with E-state index >= 15 is 0 Å². The predicted molar refractivity (Wildman–Crippen MR) is 128 cm³/mol. The Bertz CT molecular complexity index is 1300. The van der Waals surface area contributed by atoms with Crippen LogP contribution >= 0.6 is 0 Å². The van der Waals surface area contributed by atoms with Crippen LogP contribution in [0.3, 0.4) is 0 Å². The molecule has 4 aromatic rings. The van der Waals surface area contributed by atoms with Crippen molar-refractivity contribution in [3.63, 3.8) is 0 Å². The molecule has 1 aromatic carbocycles. The second kappa shape index (κ2) is 9.43. The number of hydrogen-bond donors (Lipinski definition) is 0. The first-order chi connectivity index (χ1) is 16.7. The largest absolute Gasteiger partial charge is 0.496 e. The number of ether oxygens (including phenoxy) is 1. The Kier molecular flexibility index (Phi) is 6.03. The number of amides is 1. The zero-order chi connectivity index (χ0) is 23.5. The van der Waals surface area contributed by atoms with Gasteiger partial charge in [0.05, 0.1) is 36.3 Å². The van der Waals surface area contributed by atoms with E-state index in [1.807, 2.05) is 60.5 Å². The molecule has 5 rings (SSSR count). The summed E-state index contributed by atoms with van der Waals surface area (Å²) in [6.45, 7) is 2.59. The average Bonchev–Trinajstić information content (AvgIpc) is 3.30. The summed E-state index contributed by atoms with van der Waals surface area (Å²) in [5, 5.41) is 4.48. The van der Waals surface area contributed by atoms with E-state index in [4.69, 9.17) is 9.72 Å². The van der Waals surface area contributed by atoms with E-state index < -0.39 is 0 Å². The molecule has 1 aliphatic rings. The fraction of sp³-hybridized carbons (Fsp3) is 0.269. The van der Waals surface area contributed by atoms with Crippen molar-refractivity contribution in [1.82, 2.24) is 29.6 Å². The van der Waals surface area contributed by atoms with E-state index in [0.717, 1.165) is 41.8 Å². The van der Waals surface area contributed by atoms with Gasteiger partial charge in [0.2, 0.25) is 0 Å². The summed E-state index contributed by atoms with van der Waals surface area (Å²) in [7, 11) is 1.63. The van der Waals surface area contributed by atoms with Crippen LogP contribution < -0.4 is 4.74 Å². The van der Waals surface area contributed by atoms with E-state index in [1.54, 1.807) is 30.4 Å². The molecular formula is C26H26N6O2. The first kappa shape index (κ1) is 21.8. The molecule has 0 saturated carbocycles. The number of nitrogens with zero attached hydrogens (tertiary/aromatic N) is 6. The van der Waals surface area contributed by atoms with E-state index in [2.05, 4.69) is 15.1 Å². The number of hydrogen-bond acceptors (Lipinski definition) is 6. The zero-order valence-electron chi connectivity index (χ0n) is 19.3. The minimum Gasteiger partial charge on any atom is -0.496 e. The van der Waals surface area contributed by atoms with Crippen LogP contribution in [0.2, 0.25) is 0 Å². The second-order valence-electron chi connectivity index (χ2n) is 8.29. The third kappa shape index (κ3) is 4.03. The Morgan fingerprint density at radius 1 is 1.06 bits per heavy atom. The minimum atomic E-state index is -0.0295. The van der Waals surface area contributed by atoms with Crippen molar-refractivity contribution in [2.45, 2.75) is 32.2 Å². The van der Waals surface area contributed by atoms with Gasteiger partial charge in [-0.1, -0.05) is 18.2 Å². The number of aromatic nitrogens is 5. The lowest BCUT2D eigenvalue weighted by Gasteiger charge is -2.35. The van der Waals surface area contributed by atoms with Gasteiger partial charge in [-0.05, 0) is 56.0 Å². The summed E-state index contributed by atoms with van der Waals surface area (Å²) in [6.07, 6.45) is 9.91. The number of pyridine rings is 1. The Balaban J connectivity index is 1.46. The van der Waals surface area contributed by atoms with E-state index in [-0.39, 0.29) is 11.9 Å². The third-order valence-electron chi connectivity index (χ3n) is 6.29. The monoisotopic (exact) mass is 454 g/mol. The fourth-order valence-electron chi connectivity index (χ4n) is 4.53. The number of methoxy groups -OCH3 is 1. The van der Waals surface area contributed by atoms with Crippen LogP contribution in [0.4, 0.5) is 0 Å². The molecule has 1 unspecified atom stereocenters. The lowest BCUT2D eigenvalue weighted by molar-refractivity contribution is 0.0610. The van der Waals surface area contributed by atoms with Gasteiger partial charge >= 0.3 is 0 Å². The van der Waals surface area contributed by atoms with Crippen molar-refractivity contribution >= 4 is 5.91 Å². The molecule has 0 radical (unpaired) electrons. The molecule has 1 atom stereocenters. The van der Waals surface area contributed by atoms with Gasteiger partial charge in [-0.25, -0.2) is 14.6 Å². The molecule has 0 N–H and O–H groups in total. The molecule has 0 bridgehead atoms. The SMILES string of the molecule is COc1ccccc1-c1ccnc(-n2ncc(C(=O)N3CCCCC3c3cccnc3)c2C)n1. The highest BCUT2D eigenvalue weighted by molar-refractivity contribution is 5.95. The highest BCUT2D eigenvalue weighted by Gasteiger charge is 2.31. The minimum absolute atomic E-state index is 0.0165. The van der Waals surface area contributed by atoms with Crippen molar-refractivity contribution in [2.24, 2.45) is 0 Å². The van der Waals surface area contributed by atoms with Crippen LogP contribution in [0.1, 0.15) is 46.9 Å². The van der Waals surface area contributed by atoms with Crippen molar-refractivity contribution in [3.8, 4) is 23.0 Å². The van der Waals surface area contributed by atoms with Gasteiger partial charge < -0.3 is 9.64 Å². The number of carbonyl (C=O) groups is 1. The maximum Gasteiger partial charge on any atom is 0.257 e. The average molecular weight is 455 g/mol. The smallest absolute Gasteiger partial charge is 0.257 e. The van der Waals surface area contributed by atoms with Gasteiger partial charge in [0.1, 0.15) is 5.75 Å². The van der Waals surface area contributed by atoms with Gasteiger partial charge in [-0.2, -0.15) is 5.10 Å². The van der Waals surface area contributed by atoms with Crippen molar-refractivity contribution in [2.75, 3.05) is 13.7 Å².